The molecule has 0 bridgehead atoms. The Hall–Kier alpha value is -0.890. The first-order valence-corrected chi connectivity index (χ1v) is 8.69. The van der Waals surface area contributed by atoms with Crippen LogP contribution in [0.3, 0.4) is 0 Å². The lowest BCUT2D eigenvalue weighted by Gasteiger charge is -2.11. The van der Waals surface area contributed by atoms with Gasteiger partial charge in [0.05, 0.1) is 11.4 Å². The Morgan fingerprint density at radius 2 is 2.11 bits per heavy atom. The van der Waals surface area contributed by atoms with E-state index in [1.165, 1.54) is 6.07 Å². The summed E-state index contributed by atoms with van der Waals surface area (Å²) in [6.45, 7) is 2.37. The predicted octanol–water partition coefficient (Wildman–Crippen LogP) is 3.08. The highest BCUT2D eigenvalue weighted by atomic mass is 79.9. The van der Waals surface area contributed by atoms with Crippen LogP contribution in [0.4, 0.5) is 5.69 Å². The van der Waals surface area contributed by atoms with E-state index in [9.17, 15) is 8.42 Å². The Bertz CT molecular complexity index is 696. The van der Waals surface area contributed by atoms with Gasteiger partial charge < -0.3 is 5.32 Å². The zero-order chi connectivity index (χ0) is 14.0. The number of anilines is 1. The lowest BCUT2D eigenvalue weighted by molar-refractivity contribution is 0.597. The third-order valence-electron chi connectivity index (χ3n) is 2.72. The van der Waals surface area contributed by atoms with Gasteiger partial charge in [0.1, 0.15) is 0 Å². The molecule has 2 rings (SSSR count). The van der Waals surface area contributed by atoms with Gasteiger partial charge in [-0.25, -0.2) is 13.6 Å². The number of halogens is 1. The van der Waals surface area contributed by atoms with E-state index in [1.54, 1.807) is 24.3 Å². The minimum atomic E-state index is -3.68. The molecule has 19 heavy (non-hydrogen) atoms. The molecule has 0 aliphatic rings. The molecule has 0 fully saturated rings. The first-order valence-electron chi connectivity index (χ1n) is 5.48. The van der Waals surface area contributed by atoms with Gasteiger partial charge in [0.15, 0.2) is 0 Å². The van der Waals surface area contributed by atoms with Gasteiger partial charge in [0.25, 0.3) is 0 Å². The molecule has 1 aromatic heterocycles. The van der Waals surface area contributed by atoms with Crippen LogP contribution in [-0.2, 0) is 16.6 Å². The molecule has 102 valence electrons. The largest absolute Gasteiger partial charge is 0.380 e. The summed E-state index contributed by atoms with van der Waals surface area (Å²) in [6.07, 6.45) is 0. The fourth-order valence-electron chi connectivity index (χ4n) is 1.74. The van der Waals surface area contributed by atoms with Gasteiger partial charge in [0, 0.05) is 15.0 Å². The maximum Gasteiger partial charge on any atom is 0.238 e. The van der Waals surface area contributed by atoms with Crippen molar-refractivity contribution in [2.75, 3.05) is 5.32 Å². The fourth-order valence-corrected chi connectivity index (χ4v) is 3.98. The summed E-state index contributed by atoms with van der Waals surface area (Å²) in [4.78, 5) is 1.31. The molecule has 0 amide bonds. The summed E-state index contributed by atoms with van der Waals surface area (Å²) < 4.78 is 23.9. The molecule has 0 aliphatic heterocycles. The molecule has 1 heterocycles. The molecule has 0 aliphatic carbocycles. The van der Waals surface area contributed by atoms with Crippen LogP contribution in [0.1, 0.15) is 10.4 Å². The second-order valence-electron chi connectivity index (χ2n) is 4.02. The summed E-state index contributed by atoms with van der Waals surface area (Å²) in [5, 5.41) is 10.4. The smallest absolute Gasteiger partial charge is 0.238 e. The molecule has 4 nitrogen and oxygen atoms in total. The standard InChI is InChI=1S/C12H13BrN2O2S2/c1-8-10(3-2-4-12(8)19(14,16)17)15-7-11-9(13)5-6-18-11/h2-6,15H,7H2,1H3,(H2,14,16,17). The van der Waals surface area contributed by atoms with Crippen molar-refractivity contribution >= 4 is 43.0 Å². The van der Waals surface area contributed by atoms with Crippen molar-refractivity contribution in [3.63, 3.8) is 0 Å². The van der Waals surface area contributed by atoms with Gasteiger partial charge in [-0.15, -0.1) is 11.3 Å². The van der Waals surface area contributed by atoms with Crippen LogP contribution in [0.25, 0.3) is 0 Å². The molecule has 1 aromatic carbocycles. The summed E-state index contributed by atoms with van der Waals surface area (Å²) in [6, 6.07) is 7.01. The average molecular weight is 361 g/mol. The van der Waals surface area contributed by atoms with E-state index in [0.29, 0.717) is 12.1 Å². The lowest BCUT2D eigenvalue weighted by Crippen LogP contribution is -2.14. The molecule has 0 radical (unpaired) electrons. The Kier molecular flexibility index (Phi) is 4.29. The van der Waals surface area contributed by atoms with Gasteiger partial charge in [-0.2, -0.15) is 0 Å². The zero-order valence-corrected chi connectivity index (χ0v) is 13.4. The van der Waals surface area contributed by atoms with E-state index >= 15 is 0 Å². The second-order valence-corrected chi connectivity index (χ2v) is 7.40. The van der Waals surface area contributed by atoms with E-state index in [4.69, 9.17) is 5.14 Å². The van der Waals surface area contributed by atoms with Gasteiger partial charge in [-0.3, -0.25) is 0 Å². The molecule has 2 aromatic rings. The molecule has 0 saturated heterocycles. The Labute approximate surface area is 124 Å². The number of primary sulfonamides is 1. The van der Waals surface area contributed by atoms with Crippen molar-refractivity contribution in [2.45, 2.75) is 18.4 Å². The second kappa shape index (κ2) is 5.62. The van der Waals surface area contributed by atoms with Gasteiger partial charge >= 0.3 is 0 Å². The number of rotatable bonds is 4. The Morgan fingerprint density at radius 3 is 2.68 bits per heavy atom. The maximum atomic E-state index is 11.4. The van der Waals surface area contributed by atoms with E-state index in [-0.39, 0.29) is 4.90 Å². The lowest BCUT2D eigenvalue weighted by atomic mass is 10.2. The first kappa shape index (κ1) is 14.5. The SMILES string of the molecule is Cc1c(NCc2sccc2Br)cccc1S(N)(=O)=O. The topological polar surface area (TPSA) is 72.2 Å². The van der Waals surface area contributed by atoms with E-state index < -0.39 is 10.0 Å². The van der Waals surface area contributed by atoms with Crippen LogP contribution in [0.15, 0.2) is 39.0 Å². The molecule has 7 heteroatoms. The number of nitrogens with one attached hydrogen (secondary N) is 1. The number of hydrogen-bond donors (Lipinski definition) is 2. The maximum absolute atomic E-state index is 11.4. The molecule has 0 atom stereocenters. The Morgan fingerprint density at radius 1 is 1.37 bits per heavy atom. The normalized spacial score (nSPS) is 11.5. The monoisotopic (exact) mass is 360 g/mol. The molecule has 3 N–H and O–H groups in total. The number of hydrogen-bond acceptors (Lipinski definition) is 4. The van der Waals surface area contributed by atoms with Crippen molar-refractivity contribution in [1.29, 1.82) is 0 Å². The molecule has 0 unspecified atom stereocenters. The van der Waals surface area contributed by atoms with Crippen LogP contribution >= 0.6 is 27.3 Å². The average Bonchev–Trinajstić information content (AvgIpc) is 2.72. The van der Waals surface area contributed by atoms with Crippen molar-refractivity contribution in [2.24, 2.45) is 5.14 Å². The number of benzene rings is 1. The quantitative estimate of drug-likeness (QED) is 0.879. The highest BCUT2D eigenvalue weighted by Crippen LogP contribution is 2.26. The van der Waals surface area contributed by atoms with E-state index in [0.717, 1.165) is 15.0 Å². The third-order valence-corrected chi connectivity index (χ3v) is 5.70. The van der Waals surface area contributed by atoms with Gasteiger partial charge in [0.2, 0.25) is 10.0 Å². The van der Waals surface area contributed by atoms with Crippen LogP contribution in [0, 0.1) is 6.92 Å². The van der Waals surface area contributed by atoms with Crippen molar-refractivity contribution in [3.05, 3.63) is 44.6 Å². The van der Waals surface area contributed by atoms with Crippen molar-refractivity contribution < 1.29 is 8.42 Å². The minimum Gasteiger partial charge on any atom is -0.380 e. The first-order chi connectivity index (χ1) is 8.89. The number of sulfonamides is 1. The van der Waals surface area contributed by atoms with Crippen LogP contribution in [-0.4, -0.2) is 8.42 Å². The minimum absolute atomic E-state index is 0.155. The molecule has 0 spiro atoms. The summed E-state index contributed by atoms with van der Waals surface area (Å²) >= 11 is 5.09. The third kappa shape index (κ3) is 3.36. The molecular formula is C12H13BrN2O2S2. The highest BCUT2D eigenvalue weighted by Gasteiger charge is 2.13. The molecule has 0 saturated carbocycles. The number of nitrogens with two attached hydrogens (primary N) is 1. The summed E-state index contributed by atoms with van der Waals surface area (Å²) in [5.74, 6) is 0. The summed E-state index contributed by atoms with van der Waals surface area (Å²) in [7, 11) is -3.68. The van der Waals surface area contributed by atoms with Gasteiger partial charge in [-0.1, -0.05) is 6.07 Å². The fraction of sp³-hybridized carbons (Fsp3) is 0.167. The van der Waals surface area contributed by atoms with Crippen molar-refractivity contribution in [1.82, 2.24) is 0 Å². The van der Waals surface area contributed by atoms with Crippen LogP contribution in [0.5, 0.6) is 0 Å². The number of thiophene rings is 1. The van der Waals surface area contributed by atoms with Crippen LogP contribution < -0.4 is 10.5 Å². The zero-order valence-electron chi connectivity index (χ0n) is 10.2. The predicted molar refractivity (Wildman–Crippen MR) is 81.9 cm³/mol. The van der Waals surface area contributed by atoms with Crippen LogP contribution in [0.2, 0.25) is 0 Å². The Balaban J connectivity index is 2.25. The van der Waals surface area contributed by atoms with E-state index in [2.05, 4.69) is 21.2 Å². The molecular weight excluding hydrogens is 348 g/mol. The van der Waals surface area contributed by atoms with Crippen molar-refractivity contribution in [3.8, 4) is 0 Å². The summed E-state index contributed by atoms with van der Waals surface area (Å²) in [5.41, 5.74) is 1.41. The van der Waals surface area contributed by atoms with E-state index in [1.807, 2.05) is 17.5 Å². The highest BCUT2D eigenvalue weighted by molar-refractivity contribution is 9.10. The van der Waals surface area contributed by atoms with Gasteiger partial charge in [-0.05, 0) is 52.0 Å².